The van der Waals surface area contributed by atoms with Gasteiger partial charge in [0.2, 0.25) is 0 Å². The largest absolute Gasteiger partial charge is 0.342 e. The molecule has 1 amide bonds. The van der Waals surface area contributed by atoms with Crippen LogP contribution in [-0.2, 0) is 0 Å². The van der Waals surface area contributed by atoms with Gasteiger partial charge in [0.1, 0.15) is 16.5 Å². The number of imidazole rings is 1. The minimum absolute atomic E-state index is 0.119. The fraction of sp³-hybridized carbons (Fsp3) is 0.417. The maximum absolute atomic E-state index is 13.5. The van der Waals surface area contributed by atoms with Crippen molar-refractivity contribution in [2.24, 2.45) is 0 Å². The van der Waals surface area contributed by atoms with E-state index in [1.165, 1.54) is 24.2 Å². The van der Waals surface area contributed by atoms with Gasteiger partial charge < -0.3 is 9.88 Å². The number of likely N-dealkylation sites (tertiary alicyclic amines) is 1. The molecule has 31 heavy (non-hydrogen) atoms. The van der Waals surface area contributed by atoms with E-state index in [-0.39, 0.29) is 11.8 Å². The van der Waals surface area contributed by atoms with Gasteiger partial charge >= 0.3 is 0 Å². The molecule has 158 valence electrons. The van der Waals surface area contributed by atoms with Crippen LogP contribution in [0.2, 0.25) is 0 Å². The number of fused-ring (bicyclic) bond motifs is 2. The number of amides is 1. The standard InChI is InChI=1S/C24H25N5OS/c1-13-19-14(2)25-21(15-9-10-15)28-23(19)31-20(13)24(30)29-11-5-6-16(12-29)22-26-17-7-3-4-8-18(17)27-22/h3-4,7-8,15-16H,5-6,9-12H2,1-2H3,(H,26,27). The van der Waals surface area contributed by atoms with E-state index < -0.39 is 0 Å². The second-order valence-corrected chi connectivity index (χ2v) is 9.91. The van der Waals surface area contributed by atoms with Crippen LogP contribution in [0, 0.1) is 13.8 Å². The predicted molar refractivity (Wildman–Crippen MR) is 123 cm³/mol. The smallest absolute Gasteiger partial charge is 0.264 e. The highest BCUT2D eigenvalue weighted by molar-refractivity contribution is 7.20. The number of carbonyl (C=O) groups excluding carboxylic acids is 1. The van der Waals surface area contributed by atoms with Crippen molar-refractivity contribution in [2.75, 3.05) is 13.1 Å². The second-order valence-electron chi connectivity index (χ2n) is 8.91. The number of rotatable bonds is 3. The zero-order valence-electron chi connectivity index (χ0n) is 17.8. The first kappa shape index (κ1) is 18.9. The third kappa shape index (κ3) is 3.22. The lowest BCUT2D eigenvalue weighted by Crippen LogP contribution is -2.39. The van der Waals surface area contributed by atoms with Crippen LogP contribution in [0.1, 0.15) is 70.1 Å². The van der Waals surface area contributed by atoms with Crippen LogP contribution in [0.3, 0.4) is 0 Å². The Hall–Kier alpha value is -2.80. The van der Waals surface area contributed by atoms with Crippen molar-refractivity contribution >= 4 is 38.5 Å². The van der Waals surface area contributed by atoms with E-state index >= 15 is 0 Å². The Labute approximate surface area is 184 Å². The van der Waals surface area contributed by atoms with Crippen molar-refractivity contribution in [1.82, 2.24) is 24.8 Å². The van der Waals surface area contributed by atoms with E-state index in [1.807, 2.05) is 36.9 Å². The van der Waals surface area contributed by atoms with Crippen molar-refractivity contribution in [3.8, 4) is 0 Å². The molecular formula is C24H25N5OS. The minimum Gasteiger partial charge on any atom is -0.342 e. The highest BCUT2D eigenvalue weighted by Crippen LogP contribution is 2.41. The first-order valence-corrected chi connectivity index (χ1v) is 11.9. The van der Waals surface area contributed by atoms with E-state index in [0.717, 1.165) is 68.4 Å². The molecule has 0 bridgehead atoms. The average molecular weight is 432 g/mol. The molecule has 1 aliphatic carbocycles. The SMILES string of the molecule is Cc1nc(C2CC2)nc2sc(C(=O)N3CCCC(c4nc5ccccc5[nH]4)C3)c(C)c12. The Morgan fingerprint density at radius 3 is 2.74 bits per heavy atom. The molecule has 1 atom stereocenters. The Kier molecular flexibility index (Phi) is 4.35. The van der Waals surface area contributed by atoms with Gasteiger partial charge in [0.05, 0.1) is 21.6 Å². The number of thiophene rings is 1. The van der Waals surface area contributed by atoms with E-state index in [2.05, 4.69) is 11.1 Å². The van der Waals surface area contributed by atoms with Gasteiger partial charge in [0.15, 0.2) is 0 Å². The summed E-state index contributed by atoms with van der Waals surface area (Å²) < 4.78 is 0. The molecule has 4 aromatic rings. The highest BCUT2D eigenvalue weighted by Gasteiger charge is 2.31. The van der Waals surface area contributed by atoms with E-state index in [9.17, 15) is 4.79 Å². The highest BCUT2D eigenvalue weighted by atomic mass is 32.1. The van der Waals surface area contributed by atoms with Gasteiger partial charge in [-0.25, -0.2) is 15.0 Å². The molecule has 3 aromatic heterocycles. The zero-order chi connectivity index (χ0) is 21.1. The average Bonchev–Trinajstić information content (AvgIpc) is 3.45. The molecule has 2 fully saturated rings. The van der Waals surface area contributed by atoms with Gasteiger partial charge in [-0.3, -0.25) is 4.79 Å². The number of aryl methyl sites for hydroxylation is 2. The van der Waals surface area contributed by atoms with Gasteiger partial charge in [0, 0.05) is 30.3 Å². The maximum Gasteiger partial charge on any atom is 0.264 e. The number of hydrogen-bond acceptors (Lipinski definition) is 5. The molecule has 4 heterocycles. The maximum atomic E-state index is 13.5. The van der Waals surface area contributed by atoms with Crippen LogP contribution >= 0.6 is 11.3 Å². The van der Waals surface area contributed by atoms with E-state index in [1.54, 1.807) is 0 Å². The van der Waals surface area contributed by atoms with E-state index in [4.69, 9.17) is 15.0 Å². The topological polar surface area (TPSA) is 74.8 Å². The second kappa shape index (κ2) is 7.12. The van der Waals surface area contributed by atoms with Crippen molar-refractivity contribution in [3.63, 3.8) is 0 Å². The number of aromatic amines is 1. The molecule has 1 unspecified atom stereocenters. The number of hydrogen-bond donors (Lipinski definition) is 1. The Morgan fingerprint density at radius 1 is 1.10 bits per heavy atom. The normalized spacial score (nSPS) is 19.4. The molecule has 1 saturated heterocycles. The summed E-state index contributed by atoms with van der Waals surface area (Å²) >= 11 is 1.53. The molecule has 1 N–H and O–H groups in total. The third-order valence-corrected chi connectivity index (χ3v) is 7.80. The lowest BCUT2D eigenvalue weighted by Gasteiger charge is -2.31. The third-order valence-electron chi connectivity index (χ3n) is 6.63. The predicted octanol–water partition coefficient (Wildman–Crippen LogP) is 5.08. The Bertz CT molecular complexity index is 1290. The molecule has 1 saturated carbocycles. The van der Waals surface area contributed by atoms with Crippen LogP contribution in [0.4, 0.5) is 0 Å². The van der Waals surface area contributed by atoms with Crippen molar-refractivity contribution < 1.29 is 4.79 Å². The quantitative estimate of drug-likeness (QED) is 0.491. The van der Waals surface area contributed by atoms with Gasteiger partial charge in [0.25, 0.3) is 5.91 Å². The lowest BCUT2D eigenvalue weighted by molar-refractivity contribution is 0.0709. The molecule has 6 rings (SSSR count). The fourth-order valence-corrected chi connectivity index (χ4v) is 5.99. The summed E-state index contributed by atoms with van der Waals surface area (Å²) in [4.78, 5) is 35.1. The van der Waals surface area contributed by atoms with Gasteiger partial charge in [-0.05, 0) is 57.2 Å². The summed E-state index contributed by atoms with van der Waals surface area (Å²) in [6.45, 7) is 5.58. The first-order chi connectivity index (χ1) is 15.1. The molecule has 0 radical (unpaired) electrons. The first-order valence-electron chi connectivity index (χ1n) is 11.1. The summed E-state index contributed by atoms with van der Waals surface area (Å²) in [5.41, 5.74) is 4.07. The minimum atomic E-state index is 0.119. The van der Waals surface area contributed by atoms with Gasteiger partial charge in [-0.15, -0.1) is 11.3 Å². The van der Waals surface area contributed by atoms with E-state index in [0.29, 0.717) is 12.5 Å². The number of H-pyrrole nitrogens is 1. The molecule has 6 nitrogen and oxygen atoms in total. The number of piperidine rings is 1. The van der Waals surface area contributed by atoms with Gasteiger partial charge in [-0.1, -0.05) is 12.1 Å². The number of carbonyl (C=O) groups is 1. The van der Waals surface area contributed by atoms with Crippen molar-refractivity contribution in [3.05, 3.63) is 52.0 Å². The Balaban J connectivity index is 1.30. The summed E-state index contributed by atoms with van der Waals surface area (Å²) in [7, 11) is 0. The number of benzene rings is 1. The Morgan fingerprint density at radius 2 is 1.94 bits per heavy atom. The zero-order valence-corrected chi connectivity index (χ0v) is 18.6. The van der Waals surface area contributed by atoms with Gasteiger partial charge in [-0.2, -0.15) is 0 Å². The number of nitrogens with one attached hydrogen (secondary N) is 1. The van der Waals surface area contributed by atoms with Crippen LogP contribution < -0.4 is 0 Å². The van der Waals surface area contributed by atoms with Crippen LogP contribution in [0.15, 0.2) is 24.3 Å². The van der Waals surface area contributed by atoms with Crippen LogP contribution in [0.5, 0.6) is 0 Å². The molecule has 2 aliphatic rings. The van der Waals surface area contributed by atoms with Crippen molar-refractivity contribution in [1.29, 1.82) is 0 Å². The molecule has 1 aromatic carbocycles. The summed E-state index contributed by atoms with van der Waals surface area (Å²) in [5, 5.41) is 1.06. The lowest BCUT2D eigenvalue weighted by atomic mass is 9.97. The van der Waals surface area contributed by atoms with Crippen molar-refractivity contribution in [2.45, 2.75) is 51.4 Å². The fourth-order valence-electron chi connectivity index (χ4n) is 4.78. The molecular weight excluding hydrogens is 406 g/mol. The molecule has 0 spiro atoms. The number of para-hydroxylation sites is 2. The number of aromatic nitrogens is 4. The summed E-state index contributed by atoms with van der Waals surface area (Å²) in [6.07, 6.45) is 4.39. The summed E-state index contributed by atoms with van der Waals surface area (Å²) in [6, 6.07) is 8.11. The van der Waals surface area contributed by atoms with Crippen LogP contribution in [-0.4, -0.2) is 43.8 Å². The summed E-state index contributed by atoms with van der Waals surface area (Å²) in [5.74, 6) is 2.81. The van der Waals surface area contributed by atoms with Crippen LogP contribution in [0.25, 0.3) is 21.3 Å². The number of nitrogens with zero attached hydrogens (tertiary/aromatic N) is 4. The molecule has 1 aliphatic heterocycles. The molecule has 7 heteroatoms. The monoisotopic (exact) mass is 431 g/mol.